The molecule has 1 aliphatic carbocycles. The normalized spacial score (nSPS) is 16.7. The molecule has 0 aliphatic heterocycles. The third kappa shape index (κ3) is 4.61. The predicted molar refractivity (Wildman–Crippen MR) is 88.1 cm³/mol. The number of carbonyl (C=O) groups excluding carboxylic acids is 1. The molecule has 0 saturated heterocycles. The highest BCUT2D eigenvalue weighted by Crippen LogP contribution is 2.38. The number of nitrogens with two attached hydrogens (primary N) is 1. The van der Waals surface area contributed by atoms with Crippen molar-refractivity contribution in [2.75, 3.05) is 19.0 Å². The summed E-state index contributed by atoms with van der Waals surface area (Å²) in [7, 11) is 1.60. The lowest BCUT2D eigenvalue weighted by molar-refractivity contribution is -0.118. The minimum absolute atomic E-state index is 0. The molecule has 5 heteroatoms. The molecule has 1 aliphatic rings. The van der Waals surface area contributed by atoms with Crippen LogP contribution >= 0.6 is 12.4 Å². The molecular weight excluding hydrogens is 288 g/mol. The van der Waals surface area contributed by atoms with E-state index in [0.29, 0.717) is 18.7 Å². The summed E-state index contributed by atoms with van der Waals surface area (Å²) >= 11 is 0. The van der Waals surface area contributed by atoms with E-state index in [9.17, 15) is 4.79 Å². The largest absolute Gasteiger partial charge is 0.495 e. The van der Waals surface area contributed by atoms with Crippen molar-refractivity contribution in [1.29, 1.82) is 0 Å². The van der Waals surface area contributed by atoms with Gasteiger partial charge in [0.05, 0.1) is 12.8 Å². The zero-order chi connectivity index (χ0) is 14.4. The fourth-order valence-electron chi connectivity index (χ4n) is 3.04. The fraction of sp³-hybridized carbons (Fsp3) is 0.562. The molecule has 0 unspecified atom stereocenters. The van der Waals surface area contributed by atoms with Gasteiger partial charge in [-0.15, -0.1) is 12.4 Å². The van der Waals surface area contributed by atoms with Crippen molar-refractivity contribution in [3.63, 3.8) is 0 Å². The first-order valence-electron chi connectivity index (χ1n) is 7.32. The van der Waals surface area contributed by atoms with Crippen LogP contribution < -0.4 is 15.8 Å². The predicted octanol–water partition coefficient (Wildman–Crippen LogP) is 3.35. The molecule has 1 amide bonds. The highest BCUT2D eigenvalue weighted by Gasteiger charge is 2.33. The molecule has 0 atom stereocenters. The molecule has 4 nitrogen and oxygen atoms in total. The summed E-state index contributed by atoms with van der Waals surface area (Å²) in [5.41, 5.74) is 6.65. The van der Waals surface area contributed by atoms with E-state index < -0.39 is 0 Å². The van der Waals surface area contributed by atoms with Crippen LogP contribution in [0.25, 0.3) is 0 Å². The number of rotatable bonds is 5. The second kappa shape index (κ2) is 8.25. The number of amides is 1. The van der Waals surface area contributed by atoms with Gasteiger partial charge in [0.25, 0.3) is 0 Å². The molecule has 21 heavy (non-hydrogen) atoms. The number of hydrogen-bond acceptors (Lipinski definition) is 3. The van der Waals surface area contributed by atoms with Gasteiger partial charge >= 0.3 is 0 Å². The molecule has 2 rings (SSSR count). The van der Waals surface area contributed by atoms with Gasteiger partial charge in [0.1, 0.15) is 5.75 Å². The van der Waals surface area contributed by atoms with E-state index in [1.54, 1.807) is 7.11 Å². The second-order valence-electron chi connectivity index (χ2n) is 5.69. The fourth-order valence-corrected chi connectivity index (χ4v) is 3.04. The first kappa shape index (κ1) is 17.8. The number of nitrogens with one attached hydrogen (secondary N) is 1. The Morgan fingerprint density at radius 3 is 2.57 bits per heavy atom. The van der Waals surface area contributed by atoms with Gasteiger partial charge in [0.2, 0.25) is 5.91 Å². The van der Waals surface area contributed by atoms with Crippen LogP contribution in [0.2, 0.25) is 0 Å². The van der Waals surface area contributed by atoms with Crippen molar-refractivity contribution in [2.45, 2.75) is 38.5 Å². The first-order valence-corrected chi connectivity index (χ1v) is 7.32. The molecule has 1 fully saturated rings. The molecule has 1 aromatic carbocycles. The van der Waals surface area contributed by atoms with E-state index in [1.165, 1.54) is 19.3 Å². The SMILES string of the molecule is COc1ccccc1NC(=O)CC1(CN)CCCCC1.Cl. The number of halogens is 1. The lowest BCUT2D eigenvalue weighted by Crippen LogP contribution is -2.36. The summed E-state index contributed by atoms with van der Waals surface area (Å²) in [6, 6.07) is 7.47. The van der Waals surface area contributed by atoms with E-state index in [4.69, 9.17) is 10.5 Å². The van der Waals surface area contributed by atoms with Gasteiger partial charge in [-0.05, 0) is 36.9 Å². The molecule has 3 N–H and O–H groups in total. The summed E-state index contributed by atoms with van der Waals surface area (Å²) in [5, 5.41) is 2.95. The number of carbonyl (C=O) groups is 1. The highest BCUT2D eigenvalue weighted by atomic mass is 35.5. The van der Waals surface area contributed by atoms with E-state index >= 15 is 0 Å². The molecule has 0 radical (unpaired) electrons. The van der Waals surface area contributed by atoms with Gasteiger partial charge in [-0.25, -0.2) is 0 Å². The maximum atomic E-state index is 12.3. The summed E-state index contributed by atoms with van der Waals surface area (Å²) in [4.78, 5) is 12.3. The zero-order valence-corrected chi connectivity index (χ0v) is 13.4. The van der Waals surface area contributed by atoms with Crippen LogP contribution in [0.15, 0.2) is 24.3 Å². The van der Waals surface area contributed by atoms with Crippen molar-refractivity contribution < 1.29 is 9.53 Å². The summed E-state index contributed by atoms with van der Waals surface area (Å²) in [6.07, 6.45) is 6.24. The molecular formula is C16H25ClN2O2. The Bertz CT molecular complexity index is 459. The van der Waals surface area contributed by atoms with Gasteiger partial charge < -0.3 is 15.8 Å². The molecule has 1 aromatic rings. The summed E-state index contributed by atoms with van der Waals surface area (Å²) < 4.78 is 5.25. The monoisotopic (exact) mass is 312 g/mol. The van der Waals surface area contributed by atoms with Crippen LogP contribution in [0.5, 0.6) is 5.75 Å². The molecule has 1 saturated carbocycles. The van der Waals surface area contributed by atoms with Gasteiger partial charge in [-0.1, -0.05) is 31.4 Å². The number of para-hydroxylation sites is 2. The van der Waals surface area contributed by atoms with Crippen LogP contribution in [0.4, 0.5) is 5.69 Å². The van der Waals surface area contributed by atoms with Gasteiger partial charge in [0, 0.05) is 6.42 Å². The van der Waals surface area contributed by atoms with Crippen molar-refractivity contribution in [1.82, 2.24) is 0 Å². The molecule has 0 aromatic heterocycles. The van der Waals surface area contributed by atoms with Crippen molar-refractivity contribution >= 4 is 24.0 Å². The Morgan fingerprint density at radius 1 is 1.29 bits per heavy atom. The summed E-state index contributed by atoms with van der Waals surface area (Å²) in [5.74, 6) is 0.716. The third-order valence-corrected chi connectivity index (χ3v) is 4.26. The van der Waals surface area contributed by atoms with E-state index in [1.807, 2.05) is 24.3 Å². The maximum absolute atomic E-state index is 12.3. The molecule has 0 spiro atoms. The lowest BCUT2D eigenvalue weighted by Gasteiger charge is -2.35. The van der Waals surface area contributed by atoms with Gasteiger partial charge in [-0.2, -0.15) is 0 Å². The lowest BCUT2D eigenvalue weighted by atomic mass is 9.71. The summed E-state index contributed by atoms with van der Waals surface area (Å²) in [6.45, 7) is 0.590. The van der Waals surface area contributed by atoms with E-state index in [0.717, 1.165) is 18.5 Å². The minimum Gasteiger partial charge on any atom is -0.495 e. The van der Waals surface area contributed by atoms with E-state index in [2.05, 4.69) is 5.32 Å². The third-order valence-electron chi connectivity index (χ3n) is 4.26. The van der Waals surface area contributed by atoms with Crippen molar-refractivity contribution in [3.8, 4) is 5.75 Å². The Kier molecular flexibility index (Phi) is 6.99. The first-order chi connectivity index (χ1) is 9.69. The average molecular weight is 313 g/mol. The topological polar surface area (TPSA) is 64.3 Å². The average Bonchev–Trinajstić information content (AvgIpc) is 2.48. The minimum atomic E-state index is -0.00957. The number of hydrogen-bond donors (Lipinski definition) is 2. The second-order valence-corrected chi connectivity index (χ2v) is 5.69. The number of anilines is 1. The van der Waals surface area contributed by atoms with Crippen LogP contribution in [0, 0.1) is 5.41 Å². The number of methoxy groups -OCH3 is 1. The van der Waals surface area contributed by atoms with Crippen LogP contribution in [0.3, 0.4) is 0 Å². The van der Waals surface area contributed by atoms with Gasteiger partial charge in [0.15, 0.2) is 0 Å². The highest BCUT2D eigenvalue weighted by molar-refractivity contribution is 5.92. The van der Waals surface area contributed by atoms with Gasteiger partial charge in [-0.3, -0.25) is 4.79 Å². The standard InChI is InChI=1S/C16H24N2O2.ClH/c1-20-14-8-4-3-7-13(14)18-15(19)11-16(12-17)9-5-2-6-10-16;/h3-4,7-8H,2,5-6,9-12,17H2,1H3,(H,18,19);1H. The molecule has 0 bridgehead atoms. The Morgan fingerprint density at radius 2 is 1.95 bits per heavy atom. The molecule has 118 valence electrons. The maximum Gasteiger partial charge on any atom is 0.225 e. The van der Waals surface area contributed by atoms with Crippen LogP contribution in [-0.2, 0) is 4.79 Å². The van der Waals surface area contributed by atoms with Crippen molar-refractivity contribution in [3.05, 3.63) is 24.3 Å². The van der Waals surface area contributed by atoms with Crippen LogP contribution in [-0.4, -0.2) is 19.6 Å². The van der Waals surface area contributed by atoms with Crippen molar-refractivity contribution in [2.24, 2.45) is 11.1 Å². The Labute approximate surface area is 132 Å². The van der Waals surface area contributed by atoms with E-state index in [-0.39, 0.29) is 23.7 Å². The Balaban J connectivity index is 0.00000220. The zero-order valence-electron chi connectivity index (χ0n) is 12.6. The number of ether oxygens (including phenoxy) is 1. The van der Waals surface area contributed by atoms with Crippen LogP contribution in [0.1, 0.15) is 38.5 Å². The smallest absolute Gasteiger partial charge is 0.225 e. The Hall–Kier alpha value is -1.26. The molecule has 0 heterocycles. The number of benzene rings is 1. The quantitative estimate of drug-likeness (QED) is 0.876.